The molecule has 1 N–H and O–H groups in total. The molecule has 3 rings (SSSR count). The lowest BCUT2D eigenvalue weighted by Crippen LogP contribution is -2.15. The van der Waals surface area contributed by atoms with Gasteiger partial charge in [0.2, 0.25) is 0 Å². The molecule has 1 aromatic heterocycles. The fourth-order valence-corrected chi connectivity index (χ4v) is 3.06. The lowest BCUT2D eigenvalue weighted by atomic mass is 9.95. The zero-order valence-corrected chi connectivity index (χ0v) is 12.4. The fourth-order valence-electron chi connectivity index (χ4n) is 3.06. The van der Waals surface area contributed by atoms with Crippen LogP contribution in [-0.4, -0.2) is 11.5 Å². The van der Waals surface area contributed by atoms with Gasteiger partial charge in [-0.05, 0) is 49.1 Å². The van der Waals surface area contributed by atoms with Crippen LogP contribution < -0.4 is 5.32 Å². The van der Waals surface area contributed by atoms with E-state index >= 15 is 0 Å². The molecule has 0 saturated carbocycles. The summed E-state index contributed by atoms with van der Waals surface area (Å²) in [6, 6.07) is 9.76. The summed E-state index contributed by atoms with van der Waals surface area (Å²) in [6.45, 7) is 3.62. The molecule has 110 valence electrons. The summed E-state index contributed by atoms with van der Waals surface area (Å²) >= 11 is 0. The second-order valence-electron chi connectivity index (χ2n) is 5.67. The molecule has 2 aromatic rings. The maximum absolute atomic E-state index is 14.2. The maximum atomic E-state index is 14.2. The quantitative estimate of drug-likeness (QED) is 0.845. The van der Waals surface area contributed by atoms with Gasteiger partial charge in [-0.25, -0.2) is 4.39 Å². The van der Waals surface area contributed by atoms with Gasteiger partial charge in [0.15, 0.2) is 0 Å². The average molecular weight is 284 g/mol. The van der Waals surface area contributed by atoms with Crippen LogP contribution >= 0.6 is 0 Å². The standard InChI is InChI=1S/C18H21FN2/c1-2-9-20-12-15-6-5-14(11-17(15)19)16-8-7-13-4-3-10-21-18(13)16/h3-6,10-11,16,20H,2,7-9,12H2,1H3. The summed E-state index contributed by atoms with van der Waals surface area (Å²) in [5.41, 5.74) is 4.21. The van der Waals surface area contributed by atoms with Crippen LogP contribution in [0.1, 0.15) is 48.1 Å². The highest BCUT2D eigenvalue weighted by molar-refractivity contribution is 5.39. The number of benzene rings is 1. The van der Waals surface area contributed by atoms with E-state index in [2.05, 4.69) is 29.4 Å². The van der Waals surface area contributed by atoms with Crippen LogP contribution in [0.5, 0.6) is 0 Å². The van der Waals surface area contributed by atoms with Gasteiger partial charge in [0.1, 0.15) is 5.82 Å². The first-order valence-corrected chi connectivity index (χ1v) is 7.72. The number of rotatable bonds is 5. The molecule has 1 atom stereocenters. The zero-order chi connectivity index (χ0) is 14.7. The first-order chi connectivity index (χ1) is 10.3. The van der Waals surface area contributed by atoms with Gasteiger partial charge in [-0.2, -0.15) is 0 Å². The lowest BCUT2D eigenvalue weighted by molar-refractivity contribution is 0.582. The smallest absolute Gasteiger partial charge is 0.127 e. The van der Waals surface area contributed by atoms with Crippen LogP contribution in [0, 0.1) is 5.82 Å². The molecule has 1 unspecified atom stereocenters. The molecule has 2 nitrogen and oxygen atoms in total. The van der Waals surface area contributed by atoms with Crippen LogP contribution in [0.2, 0.25) is 0 Å². The molecule has 0 saturated heterocycles. The Morgan fingerprint density at radius 3 is 3.05 bits per heavy atom. The normalized spacial score (nSPS) is 17.0. The molecule has 0 amide bonds. The maximum Gasteiger partial charge on any atom is 0.127 e. The molecule has 0 spiro atoms. The lowest BCUT2D eigenvalue weighted by Gasteiger charge is -2.13. The van der Waals surface area contributed by atoms with E-state index in [-0.39, 0.29) is 11.7 Å². The van der Waals surface area contributed by atoms with Gasteiger partial charge < -0.3 is 5.32 Å². The number of hydrogen-bond donors (Lipinski definition) is 1. The van der Waals surface area contributed by atoms with E-state index in [1.54, 1.807) is 6.07 Å². The van der Waals surface area contributed by atoms with Crippen LogP contribution in [0.4, 0.5) is 4.39 Å². The van der Waals surface area contributed by atoms with Crippen molar-refractivity contribution in [3.05, 3.63) is 64.7 Å². The molecule has 1 aromatic carbocycles. The van der Waals surface area contributed by atoms with E-state index in [4.69, 9.17) is 0 Å². The molecule has 1 aliphatic rings. The zero-order valence-electron chi connectivity index (χ0n) is 12.4. The first-order valence-electron chi connectivity index (χ1n) is 7.72. The largest absolute Gasteiger partial charge is 0.313 e. The molecular weight excluding hydrogens is 263 g/mol. The van der Waals surface area contributed by atoms with Gasteiger partial charge >= 0.3 is 0 Å². The molecule has 21 heavy (non-hydrogen) atoms. The van der Waals surface area contributed by atoms with Gasteiger partial charge in [0.25, 0.3) is 0 Å². The summed E-state index contributed by atoms with van der Waals surface area (Å²) in [5.74, 6) is 0.133. The number of aromatic nitrogens is 1. The fraction of sp³-hybridized carbons (Fsp3) is 0.389. The van der Waals surface area contributed by atoms with Gasteiger partial charge in [0.05, 0.1) is 5.69 Å². The third kappa shape index (κ3) is 2.98. The number of pyridine rings is 1. The van der Waals surface area contributed by atoms with Crippen molar-refractivity contribution in [3.63, 3.8) is 0 Å². The highest BCUT2D eigenvalue weighted by atomic mass is 19.1. The van der Waals surface area contributed by atoms with E-state index in [1.807, 2.05) is 18.3 Å². The van der Waals surface area contributed by atoms with Gasteiger partial charge in [-0.15, -0.1) is 0 Å². The number of fused-ring (bicyclic) bond motifs is 1. The highest BCUT2D eigenvalue weighted by Gasteiger charge is 2.25. The molecule has 0 bridgehead atoms. The van der Waals surface area contributed by atoms with Crippen molar-refractivity contribution in [1.82, 2.24) is 10.3 Å². The summed E-state index contributed by atoms with van der Waals surface area (Å²) in [5, 5.41) is 3.24. The van der Waals surface area contributed by atoms with Crippen LogP contribution in [0.25, 0.3) is 0 Å². The van der Waals surface area contributed by atoms with Crippen molar-refractivity contribution in [2.75, 3.05) is 6.54 Å². The summed E-state index contributed by atoms with van der Waals surface area (Å²) in [7, 11) is 0. The molecule has 1 aliphatic carbocycles. The Kier molecular flexibility index (Phi) is 4.30. The van der Waals surface area contributed by atoms with Crippen molar-refractivity contribution in [3.8, 4) is 0 Å². The van der Waals surface area contributed by atoms with Crippen molar-refractivity contribution >= 4 is 0 Å². The number of nitrogens with zero attached hydrogens (tertiary/aromatic N) is 1. The second-order valence-corrected chi connectivity index (χ2v) is 5.67. The predicted octanol–water partition coefficient (Wildman–Crippen LogP) is 3.80. The monoisotopic (exact) mass is 284 g/mol. The summed E-state index contributed by atoms with van der Waals surface area (Å²) < 4.78 is 14.2. The van der Waals surface area contributed by atoms with Crippen molar-refractivity contribution < 1.29 is 4.39 Å². The van der Waals surface area contributed by atoms with E-state index in [0.717, 1.165) is 42.6 Å². The molecule has 3 heteroatoms. The minimum Gasteiger partial charge on any atom is -0.313 e. The Balaban J connectivity index is 1.80. The summed E-state index contributed by atoms with van der Waals surface area (Å²) in [6.07, 6.45) is 4.95. The van der Waals surface area contributed by atoms with Crippen LogP contribution in [0.15, 0.2) is 36.5 Å². The number of nitrogens with one attached hydrogen (secondary N) is 1. The predicted molar refractivity (Wildman–Crippen MR) is 82.8 cm³/mol. The first kappa shape index (κ1) is 14.2. The topological polar surface area (TPSA) is 24.9 Å². The average Bonchev–Trinajstić information content (AvgIpc) is 2.93. The third-order valence-electron chi connectivity index (χ3n) is 4.18. The molecule has 0 fully saturated rings. The SMILES string of the molecule is CCCNCc1ccc(C2CCc3cccnc32)cc1F. The van der Waals surface area contributed by atoms with Gasteiger partial charge in [-0.1, -0.05) is 25.1 Å². The minimum atomic E-state index is -0.111. The van der Waals surface area contributed by atoms with E-state index in [1.165, 1.54) is 5.56 Å². The summed E-state index contributed by atoms with van der Waals surface area (Å²) in [4.78, 5) is 4.50. The Morgan fingerprint density at radius 2 is 2.24 bits per heavy atom. The second kappa shape index (κ2) is 6.35. The Morgan fingerprint density at radius 1 is 1.33 bits per heavy atom. The van der Waals surface area contributed by atoms with Crippen molar-refractivity contribution in [1.29, 1.82) is 0 Å². The van der Waals surface area contributed by atoms with E-state index in [0.29, 0.717) is 6.54 Å². The van der Waals surface area contributed by atoms with Crippen molar-refractivity contribution in [2.24, 2.45) is 0 Å². The minimum absolute atomic E-state index is 0.111. The number of aryl methyl sites for hydroxylation is 1. The third-order valence-corrected chi connectivity index (χ3v) is 4.18. The van der Waals surface area contributed by atoms with Crippen molar-refractivity contribution in [2.45, 2.75) is 38.6 Å². The Hall–Kier alpha value is -1.74. The Bertz CT molecular complexity index is 624. The molecule has 0 radical (unpaired) electrons. The van der Waals surface area contributed by atoms with E-state index < -0.39 is 0 Å². The van der Waals surface area contributed by atoms with E-state index in [9.17, 15) is 4.39 Å². The molecule has 1 heterocycles. The number of hydrogen-bond acceptors (Lipinski definition) is 2. The van der Waals surface area contributed by atoms with Crippen LogP contribution in [0.3, 0.4) is 0 Å². The number of halogens is 1. The molecular formula is C18H21FN2. The Labute approximate surface area is 125 Å². The van der Waals surface area contributed by atoms with Gasteiger partial charge in [0, 0.05) is 24.2 Å². The van der Waals surface area contributed by atoms with Crippen LogP contribution in [-0.2, 0) is 13.0 Å². The van der Waals surface area contributed by atoms with Gasteiger partial charge in [-0.3, -0.25) is 4.98 Å². The highest BCUT2D eigenvalue weighted by Crippen LogP contribution is 2.36. The molecule has 0 aliphatic heterocycles.